The van der Waals surface area contributed by atoms with Crippen LogP contribution in [-0.4, -0.2) is 23.3 Å². The van der Waals surface area contributed by atoms with Crippen LogP contribution in [-0.2, 0) is 4.79 Å². The maximum atomic E-state index is 11.4. The molecule has 0 aromatic heterocycles. The number of aliphatic carboxylic acids is 1. The molecule has 0 aliphatic rings. The first kappa shape index (κ1) is 13.7. The van der Waals surface area contributed by atoms with E-state index in [0.29, 0.717) is 17.0 Å². The number of ether oxygens (including phenoxy) is 1. The van der Waals surface area contributed by atoms with Gasteiger partial charge in [0.1, 0.15) is 11.5 Å². The number of benzene rings is 2. The quantitative estimate of drug-likeness (QED) is 0.780. The highest BCUT2D eigenvalue weighted by Gasteiger charge is 2.22. The fraction of sp³-hybridized carbons (Fsp3) is 0.133. The maximum absolute atomic E-state index is 11.4. The summed E-state index contributed by atoms with van der Waals surface area (Å²) in [5.41, 5.74) is 0.905. The van der Waals surface area contributed by atoms with Gasteiger partial charge in [0, 0.05) is 17.3 Å². The number of carboxylic acid groups (broad SMARTS) is 1. The average Bonchev–Trinajstić information content (AvgIpc) is 2.45. The van der Waals surface area contributed by atoms with Crippen molar-refractivity contribution in [1.29, 1.82) is 0 Å². The molecule has 0 fully saturated rings. The highest BCUT2D eigenvalue weighted by molar-refractivity contribution is 5.80. The van der Waals surface area contributed by atoms with Gasteiger partial charge in [0.2, 0.25) is 0 Å². The molecule has 0 aliphatic heterocycles. The number of methoxy groups -OCH3 is 1. The Morgan fingerprint density at radius 3 is 2.60 bits per heavy atom. The van der Waals surface area contributed by atoms with E-state index in [9.17, 15) is 15.0 Å². The number of para-hydroxylation sites is 1. The number of rotatable bonds is 5. The minimum absolute atomic E-state index is 0.0599. The molecule has 0 radical (unpaired) electrons. The van der Waals surface area contributed by atoms with E-state index in [0.717, 1.165) is 0 Å². The Hall–Kier alpha value is -2.69. The number of carbonyl (C=O) groups is 1. The van der Waals surface area contributed by atoms with Crippen molar-refractivity contribution in [2.45, 2.75) is 6.04 Å². The van der Waals surface area contributed by atoms with Crippen molar-refractivity contribution < 1.29 is 19.7 Å². The standard InChI is InChI=1S/C15H15NO4/c1-20-11-6-4-5-10(9-11)16-14(15(18)19)12-7-2-3-8-13(12)17/h2-9,14,16-17H,1H3,(H,18,19). The second kappa shape index (κ2) is 5.97. The van der Waals surface area contributed by atoms with E-state index in [1.54, 1.807) is 42.5 Å². The summed E-state index contributed by atoms with van der Waals surface area (Å²) in [7, 11) is 1.54. The van der Waals surface area contributed by atoms with Crippen LogP contribution in [0.3, 0.4) is 0 Å². The monoisotopic (exact) mass is 273 g/mol. The van der Waals surface area contributed by atoms with Gasteiger partial charge in [-0.3, -0.25) is 0 Å². The number of hydrogen-bond acceptors (Lipinski definition) is 4. The van der Waals surface area contributed by atoms with Crippen molar-refractivity contribution in [3.8, 4) is 11.5 Å². The number of hydrogen-bond donors (Lipinski definition) is 3. The van der Waals surface area contributed by atoms with Crippen molar-refractivity contribution in [2.24, 2.45) is 0 Å². The zero-order valence-electron chi connectivity index (χ0n) is 10.9. The summed E-state index contributed by atoms with van der Waals surface area (Å²) in [6, 6.07) is 12.3. The van der Waals surface area contributed by atoms with E-state index in [-0.39, 0.29) is 5.75 Å². The average molecular weight is 273 g/mol. The van der Waals surface area contributed by atoms with E-state index >= 15 is 0 Å². The van der Waals surface area contributed by atoms with Gasteiger partial charge in [-0.1, -0.05) is 24.3 Å². The lowest BCUT2D eigenvalue weighted by Crippen LogP contribution is -2.20. The first-order valence-electron chi connectivity index (χ1n) is 6.03. The van der Waals surface area contributed by atoms with Gasteiger partial charge in [-0.15, -0.1) is 0 Å². The molecule has 5 nitrogen and oxygen atoms in total. The van der Waals surface area contributed by atoms with E-state index in [1.165, 1.54) is 13.2 Å². The molecular formula is C15H15NO4. The Bertz CT molecular complexity index is 612. The molecule has 5 heteroatoms. The third-order valence-electron chi connectivity index (χ3n) is 2.88. The van der Waals surface area contributed by atoms with Crippen molar-refractivity contribution in [1.82, 2.24) is 0 Å². The second-order valence-electron chi connectivity index (χ2n) is 4.21. The van der Waals surface area contributed by atoms with Gasteiger partial charge in [0.15, 0.2) is 6.04 Å². The van der Waals surface area contributed by atoms with Crippen molar-refractivity contribution in [2.75, 3.05) is 12.4 Å². The molecule has 0 bridgehead atoms. The van der Waals surface area contributed by atoms with Crippen LogP contribution in [0, 0.1) is 0 Å². The van der Waals surface area contributed by atoms with Gasteiger partial charge < -0.3 is 20.3 Å². The first-order chi connectivity index (χ1) is 9.61. The summed E-state index contributed by atoms with van der Waals surface area (Å²) in [6.45, 7) is 0. The molecule has 2 aromatic carbocycles. The van der Waals surface area contributed by atoms with Gasteiger partial charge in [0.25, 0.3) is 0 Å². The number of anilines is 1. The zero-order chi connectivity index (χ0) is 14.5. The lowest BCUT2D eigenvalue weighted by atomic mass is 10.1. The smallest absolute Gasteiger partial charge is 0.330 e. The largest absolute Gasteiger partial charge is 0.508 e. The fourth-order valence-electron chi connectivity index (χ4n) is 1.88. The molecule has 0 heterocycles. The van der Waals surface area contributed by atoms with Gasteiger partial charge >= 0.3 is 5.97 Å². The normalized spacial score (nSPS) is 11.7. The van der Waals surface area contributed by atoms with Crippen molar-refractivity contribution in [3.63, 3.8) is 0 Å². The molecular weight excluding hydrogens is 258 g/mol. The van der Waals surface area contributed by atoms with Crippen molar-refractivity contribution >= 4 is 11.7 Å². The zero-order valence-corrected chi connectivity index (χ0v) is 10.9. The molecule has 0 spiro atoms. The number of phenols is 1. The van der Waals surface area contributed by atoms with Crippen LogP contribution in [0.1, 0.15) is 11.6 Å². The highest BCUT2D eigenvalue weighted by Crippen LogP contribution is 2.28. The first-order valence-corrected chi connectivity index (χ1v) is 6.03. The van der Waals surface area contributed by atoms with Crippen LogP contribution >= 0.6 is 0 Å². The third kappa shape index (κ3) is 3.00. The van der Waals surface area contributed by atoms with Crippen LogP contribution in [0.4, 0.5) is 5.69 Å². The predicted octanol–water partition coefficient (Wildman–Crippen LogP) is 2.64. The lowest BCUT2D eigenvalue weighted by Gasteiger charge is -2.17. The predicted molar refractivity (Wildman–Crippen MR) is 75.1 cm³/mol. The summed E-state index contributed by atoms with van der Waals surface area (Å²) in [6.07, 6.45) is 0. The second-order valence-corrected chi connectivity index (χ2v) is 4.21. The van der Waals surface area contributed by atoms with E-state index in [2.05, 4.69) is 5.32 Å². The number of aromatic hydroxyl groups is 1. The Morgan fingerprint density at radius 1 is 1.20 bits per heavy atom. The molecule has 3 N–H and O–H groups in total. The van der Waals surface area contributed by atoms with Gasteiger partial charge in [-0.25, -0.2) is 4.79 Å². The van der Waals surface area contributed by atoms with Gasteiger partial charge in [-0.2, -0.15) is 0 Å². The molecule has 0 saturated carbocycles. The Kier molecular flexibility index (Phi) is 4.10. The summed E-state index contributed by atoms with van der Waals surface area (Å²) >= 11 is 0. The number of nitrogens with one attached hydrogen (secondary N) is 1. The maximum Gasteiger partial charge on any atom is 0.330 e. The lowest BCUT2D eigenvalue weighted by molar-refractivity contribution is -0.138. The summed E-state index contributed by atoms with van der Waals surface area (Å²) in [5.74, 6) is -0.513. The Morgan fingerprint density at radius 2 is 1.95 bits per heavy atom. The Balaban J connectivity index is 2.31. The molecule has 0 saturated heterocycles. The van der Waals surface area contributed by atoms with Crippen LogP contribution in [0.5, 0.6) is 11.5 Å². The molecule has 1 unspecified atom stereocenters. The number of phenolic OH excluding ortho intramolecular Hbond substituents is 1. The van der Waals surface area contributed by atoms with Crippen LogP contribution in [0.25, 0.3) is 0 Å². The number of carboxylic acids is 1. The topological polar surface area (TPSA) is 78.8 Å². The molecule has 2 aromatic rings. The molecule has 2 rings (SSSR count). The Labute approximate surface area is 116 Å². The molecule has 0 amide bonds. The minimum atomic E-state index is -1.07. The fourth-order valence-corrected chi connectivity index (χ4v) is 1.88. The van der Waals surface area contributed by atoms with E-state index in [4.69, 9.17) is 4.74 Å². The SMILES string of the molecule is COc1cccc(NC(C(=O)O)c2ccccc2O)c1. The van der Waals surface area contributed by atoms with Crippen LogP contribution in [0.15, 0.2) is 48.5 Å². The minimum Gasteiger partial charge on any atom is -0.508 e. The van der Waals surface area contributed by atoms with E-state index < -0.39 is 12.0 Å². The van der Waals surface area contributed by atoms with Gasteiger partial charge in [-0.05, 0) is 18.2 Å². The molecule has 1 atom stereocenters. The van der Waals surface area contributed by atoms with Gasteiger partial charge in [0.05, 0.1) is 7.11 Å². The molecule has 0 aliphatic carbocycles. The van der Waals surface area contributed by atoms with Crippen LogP contribution < -0.4 is 10.1 Å². The van der Waals surface area contributed by atoms with Crippen molar-refractivity contribution in [3.05, 3.63) is 54.1 Å². The van der Waals surface area contributed by atoms with E-state index in [1.807, 2.05) is 0 Å². The highest BCUT2D eigenvalue weighted by atomic mass is 16.5. The van der Waals surface area contributed by atoms with Crippen LogP contribution in [0.2, 0.25) is 0 Å². The molecule has 20 heavy (non-hydrogen) atoms. The third-order valence-corrected chi connectivity index (χ3v) is 2.88. The summed E-state index contributed by atoms with van der Waals surface area (Å²) < 4.78 is 5.09. The summed E-state index contributed by atoms with van der Waals surface area (Å²) in [4.78, 5) is 11.4. The summed E-state index contributed by atoms with van der Waals surface area (Å²) in [5, 5.41) is 22.0. The molecule has 104 valence electrons.